The number of nitrogens with two attached hydrogens (primary N) is 1. The van der Waals surface area contributed by atoms with Crippen molar-refractivity contribution in [2.24, 2.45) is 5.73 Å². The monoisotopic (exact) mass is 283 g/mol. The molecular weight excluding hydrogens is 267 g/mol. The van der Waals surface area contributed by atoms with Gasteiger partial charge in [0.2, 0.25) is 0 Å². The average molecular weight is 283 g/mol. The van der Waals surface area contributed by atoms with Crippen LogP contribution < -0.4 is 16.4 Å². The molecule has 19 heavy (non-hydrogen) atoms. The minimum absolute atomic E-state index is 0.221. The maximum atomic E-state index is 11.9. The van der Waals surface area contributed by atoms with Crippen LogP contribution in [0, 0.1) is 0 Å². The number of hydrogen-bond donors (Lipinski definition) is 3. The van der Waals surface area contributed by atoms with Gasteiger partial charge in [0.1, 0.15) is 12.6 Å². The van der Waals surface area contributed by atoms with Crippen LogP contribution >= 0.6 is 0 Å². The Morgan fingerprint density at radius 1 is 1.21 bits per heavy atom. The summed E-state index contributed by atoms with van der Waals surface area (Å²) < 4.78 is 40.4. The van der Waals surface area contributed by atoms with Crippen LogP contribution in [0.2, 0.25) is 0 Å². The van der Waals surface area contributed by atoms with Crippen molar-refractivity contribution in [2.75, 3.05) is 6.54 Å². The summed E-state index contributed by atoms with van der Waals surface area (Å²) in [6, 6.07) is -1.07. The third-order valence-electron chi connectivity index (χ3n) is 2.74. The second-order valence-electron chi connectivity index (χ2n) is 4.35. The number of ether oxygens (including phenoxy) is 1. The van der Waals surface area contributed by atoms with Gasteiger partial charge in [0, 0.05) is 6.04 Å². The zero-order chi connectivity index (χ0) is 14.5. The number of carbonyl (C=O) groups excluding carboxylic acids is 2. The van der Waals surface area contributed by atoms with Crippen LogP contribution in [0.5, 0.6) is 0 Å². The molecule has 0 aliphatic heterocycles. The lowest BCUT2D eigenvalue weighted by Crippen LogP contribution is -2.46. The summed E-state index contributed by atoms with van der Waals surface area (Å²) in [6.07, 6.45) is -3.47. The third-order valence-corrected chi connectivity index (χ3v) is 2.74. The Morgan fingerprint density at radius 3 is 2.26 bits per heavy atom. The van der Waals surface area contributed by atoms with Crippen molar-refractivity contribution in [3.63, 3.8) is 0 Å². The molecule has 0 aromatic rings. The molecule has 1 saturated carbocycles. The van der Waals surface area contributed by atoms with E-state index in [0.29, 0.717) is 25.7 Å². The first kappa shape index (κ1) is 15.4. The van der Waals surface area contributed by atoms with Gasteiger partial charge in [-0.3, -0.25) is 0 Å². The maximum absolute atomic E-state index is 11.9. The van der Waals surface area contributed by atoms with Crippen molar-refractivity contribution in [1.29, 1.82) is 0 Å². The lowest BCUT2D eigenvalue weighted by atomic mass is 9.93. The summed E-state index contributed by atoms with van der Waals surface area (Å²) in [5.41, 5.74) is 4.87. The Kier molecular flexibility index (Phi) is 5.25. The summed E-state index contributed by atoms with van der Waals surface area (Å²) in [4.78, 5) is 21.7. The first-order valence-electron chi connectivity index (χ1n) is 5.83. The highest BCUT2D eigenvalue weighted by atomic mass is 19.4. The van der Waals surface area contributed by atoms with Gasteiger partial charge in [-0.05, 0) is 25.7 Å². The number of alkyl halides is 3. The predicted molar refractivity (Wildman–Crippen MR) is 59.3 cm³/mol. The predicted octanol–water partition coefficient (Wildman–Crippen LogP) is 1.25. The molecule has 0 aromatic carbocycles. The van der Waals surface area contributed by atoms with Gasteiger partial charge in [-0.2, -0.15) is 13.2 Å². The van der Waals surface area contributed by atoms with Crippen molar-refractivity contribution in [1.82, 2.24) is 10.6 Å². The molecule has 6 nitrogen and oxygen atoms in total. The number of carbonyl (C=O) groups is 2. The zero-order valence-corrected chi connectivity index (χ0v) is 10.1. The van der Waals surface area contributed by atoms with Gasteiger partial charge in [0.05, 0.1) is 0 Å². The number of urea groups is 1. The molecule has 1 aliphatic carbocycles. The van der Waals surface area contributed by atoms with Crippen molar-refractivity contribution in [3.05, 3.63) is 0 Å². The van der Waals surface area contributed by atoms with E-state index < -0.39 is 24.8 Å². The van der Waals surface area contributed by atoms with Crippen LogP contribution in [-0.2, 0) is 4.74 Å². The van der Waals surface area contributed by atoms with Gasteiger partial charge in [-0.15, -0.1) is 0 Å². The summed E-state index contributed by atoms with van der Waals surface area (Å²) in [7, 11) is 0. The summed E-state index contributed by atoms with van der Waals surface area (Å²) >= 11 is 0. The van der Waals surface area contributed by atoms with E-state index >= 15 is 0 Å². The highest BCUT2D eigenvalue weighted by molar-refractivity contribution is 5.74. The molecule has 3 amide bonds. The molecule has 1 rings (SSSR count). The van der Waals surface area contributed by atoms with Crippen molar-refractivity contribution < 1.29 is 27.5 Å². The van der Waals surface area contributed by atoms with E-state index in [-0.39, 0.29) is 12.1 Å². The maximum Gasteiger partial charge on any atom is 0.405 e. The zero-order valence-electron chi connectivity index (χ0n) is 10.1. The molecule has 1 fully saturated rings. The molecule has 0 saturated heterocycles. The number of nitrogens with one attached hydrogen (secondary N) is 2. The van der Waals surface area contributed by atoms with E-state index in [1.54, 1.807) is 5.32 Å². The Morgan fingerprint density at radius 2 is 1.79 bits per heavy atom. The molecule has 9 heteroatoms. The van der Waals surface area contributed by atoms with E-state index in [2.05, 4.69) is 5.32 Å². The Balaban J connectivity index is 2.21. The molecule has 0 spiro atoms. The second-order valence-corrected chi connectivity index (χ2v) is 4.35. The lowest BCUT2D eigenvalue weighted by Gasteiger charge is -2.28. The summed E-state index contributed by atoms with van der Waals surface area (Å²) in [5.74, 6) is 0. The fourth-order valence-electron chi connectivity index (χ4n) is 1.91. The molecule has 0 atom stereocenters. The van der Waals surface area contributed by atoms with E-state index in [0.717, 1.165) is 0 Å². The van der Waals surface area contributed by atoms with Gasteiger partial charge in [0.15, 0.2) is 0 Å². The molecule has 0 bridgehead atoms. The third kappa shape index (κ3) is 6.73. The van der Waals surface area contributed by atoms with E-state index in [4.69, 9.17) is 10.5 Å². The fraction of sp³-hybridized carbons (Fsp3) is 0.800. The summed E-state index contributed by atoms with van der Waals surface area (Å²) in [5, 5.41) is 4.18. The molecular formula is C10H16F3N3O3. The normalized spacial score (nSPS) is 23.5. The largest absolute Gasteiger partial charge is 0.446 e. The van der Waals surface area contributed by atoms with Gasteiger partial charge in [-0.1, -0.05) is 0 Å². The standard InChI is InChI=1S/C10H16F3N3O3/c11-10(12,13)5-15-9(18)16-6-1-3-7(4-2-6)19-8(14)17/h6-7H,1-5H2,(H2,14,17)(H2,15,16,18). The lowest BCUT2D eigenvalue weighted by molar-refractivity contribution is -0.122. The van der Waals surface area contributed by atoms with Crippen LogP contribution in [0.3, 0.4) is 0 Å². The molecule has 0 aromatic heterocycles. The molecule has 1 aliphatic rings. The molecule has 0 radical (unpaired) electrons. The van der Waals surface area contributed by atoms with Crippen LogP contribution in [-0.4, -0.2) is 37.0 Å². The topological polar surface area (TPSA) is 93.5 Å². The highest BCUT2D eigenvalue weighted by Crippen LogP contribution is 2.21. The van der Waals surface area contributed by atoms with E-state index in [9.17, 15) is 22.8 Å². The minimum atomic E-state index is -4.43. The molecule has 0 unspecified atom stereocenters. The quantitative estimate of drug-likeness (QED) is 0.727. The second kappa shape index (κ2) is 6.48. The summed E-state index contributed by atoms with van der Waals surface area (Å²) in [6.45, 7) is -1.36. The SMILES string of the molecule is NC(=O)OC1CCC(NC(=O)NCC(F)(F)F)CC1. The number of rotatable bonds is 3. The van der Waals surface area contributed by atoms with E-state index in [1.165, 1.54) is 0 Å². The van der Waals surface area contributed by atoms with Gasteiger partial charge < -0.3 is 21.1 Å². The van der Waals surface area contributed by atoms with Crippen LogP contribution in [0.4, 0.5) is 22.8 Å². The van der Waals surface area contributed by atoms with Crippen molar-refractivity contribution in [3.8, 4) is 0 Å². The van der Waals surface area contributed by atoms with Gasteiger partial charge in [-0.25, -0.2) is 9.59 Å². The first-order chi connectivity index (χ1) is 8.76. The van der Waals surface area contributed by atoms with Crippen molar-refractivity contribution in [2.45, 2.75) is 44.0 Å². The Labute approximate surface area is 107 Å². The van der Waals surface area contributed by atoms with Gasteiger partial charge >= 0.3 is 18.3 Å². The molecule has 4 N–H and O–H groups in total. The Hall–Kier alpha value is -1.67. The number of hydrogen-bond acceptors (Lipinski definition) is 3. The smallest absolute Gasteiger partial charge is 0.405 e. The van der Waals surface area contributed by atoms with Crippen LogP contribution in [0.15, 0.2) is 0 Å². The fourth-order valence-corrected chi connectivity index (χ4v) is 1.91. The van der Waals surface area contributed by atoms with Crippen LogP contribution in [0.1, 0.15) is 25.7 Å². The van der Waals surface area contributed by atoms with E-state index in [1.807, 2.05) is 0 Å². The van der Waals surface area contributed by atoms with Crippen molar-refractivity contribution >= 4 is 12.1 Å². The number of primary amides is 1. The molecule has 0 heterocycles. The Bertz CT molecular complexity index is 328. The first-order valence-corrected chi connectivity index (χ1v) is 5.83. The van der Waals surface area contributed by atoms with Gasteiger partial charge in [0.25, 0.3) is 0 Å². The number of amides is 3. The minimum Gasteiger partial charge on any atom is -0.446 e. The average Bonchev–Trinajstić information content (AvgIpc) is 2.28. The molecule has 110 valence electrons. The van der Waals surface area contributed by atoms with Crippen LogP contribution in [0.25, 0.3) is 0 Å². The highest BCUT2D eigenvalue weighted by Gasteiger charge is 2.29. The number of halogens is 3.